The number of ether oxygens (including phenoxy) is 1. The monoisotopic (exact) mass is 303 g/mol. The molecule has 0 spiro atoms. The number of carbonyl (C=O) groups excluding carboxylic acids is 1. The summed E-state index contributed by atoms with van der Waals surface area (Å²) >= 11 is 1.46. The number of fused-ring (bicyclic) bond motifs is 1. The van der Waals surface area contributed by atoms with Crippen molar-refractivity contribution in [3.8, 4) is 17.0 Å². The minimum Gasteiger partial charge on any atom is -0.479 e. The molecule has 1 amide bonds. The molecule has 0 aliphatic carbocycles. The molecule has 1 atom stereocenters. The fourth-order valence-electron chi connectivity index (χ4n) is 2.57. The SMILES string of the molecule is CCN1C(=O)C(C)Oc2ccc(-c3nc(N)sc3C)cc21. The van der Waals surface area contributed by atoms with E-state index in [0.717, 1.165) is 27.6 Å². The number of amides is 1. The van der Waals surface area contributed by atoms with Crippen LogP contribution in [0.15, 0.2) is 18.2 Å². The summed E-state index contributed by atoms with van der Waals surface area (Å²) in [6.07, 6.45) is -0.444. The average molecular weight is 303 g/mol. The molecule has 1 aliphatic heterocycles. The van der Waals surface area contributed by atoms with E-state index in [0.29, 0.717) is 11.7 Å². The van der Waals surface area contributed by atoms with Gasteiger partial charge in [0.2, 0.25) is 0 Å². The van der Waals surface area contributed by atoms with Crippen LogP contribution < -0.4 is 15.4 Å². The summed E-state index contributed by atoms with van der Waals surface area (Å²) in [5.74, 6) is 0.713. The maximum Gasteiger partial charge on any atom is 0.267 e. The molecule has 2 aromatic rings. The van der Waals surface area contributed by atoms with Gasteiger partial charge in [0.1, 0.15) is 5.75 Å². The van der Waals surface area contributed by atoms with Crippen molar-refractivity contribution < 1.29 is 9.53 Å². The number of likely N-dealkylation sites (N-methyl/N-ethyl adjacent to an activating group) is 1. The number of thiazole rings is 1. The van der Waals surface area contributed by atoms with E-state index < -0.39 is 6.10 Å². The first-order chi connectivity index (χ1) is 10.0. The maximum atomic E-state index is 12.2. The van der Waals surface area contributed by atoms with Gasteiger partial charge >= 0.3 is 0 Å². The number of rotatable bonds is 2. The number of hydrogen-bond donors (Lipinski definition) is 1. The molecule has 0 bridgehead atoms. The standard InChI is InChI=1S/C15H17N3O2S/c1-4-18-11-7-10(13-9(3)21-15(16)17-13)5-6-12(11)20-8(2)14(18)19/h5-8H,4H2,1-3H3,(H2,16,17). The van der Waals surface area contributed by atoms with E-state index in [4.69, 9.17) is 10.5 Å². The van der Waals surface area contributed by atoms with Gasteiger partial charge in [-0.1, -0.05) is 0 Å². The van der Waals surface area contributed by atoms with Crippen molar-refractivity contribution in [3.63, 3.8) is 0 Å². The lowest BCUT2D eigenvalue weighted by molar-refractivity contribution is -0.125. The van der Waals surface area contributed by atoms with Gasteiger partial charge in [-0.05, 0) is 39.0 Å². The van der Waals surface area contributed by atoms with Crippen LogP contribution in [0.2, 0.25) is 0 Å². The Labute approximate surface area is 127 Å². The second-order valence-corrected chi connectivity index (χ2v) is 6.22. The molecule has 0 saturated heterocycles. The molecular formula is C15H17N3O2S. The molecule has 1 aliphatic rings. The lowest BCUT2D eigenvalue weighted by Gasteiger charge is -2.32. The van der Waals surface area contributed by atoms with Gasteiger partial charge in [0.25, 0.3) is 5.91 Å². The Morgan fingerprint density at radius 2 is 2.24 bits per heavy atom. The van der Waals surface area contributed by atoms with E-state index in [1.165, 1.54) is 11.3 Å². The third-order valence-electron chi connectivity index (χ3n) is 3.57. The van der Waals surface area contributed by atoms with Crippen molar-refractivity contribution in [2.75, 3.05) is 17.2 Å². The largest absolute Gasteiger partial charge is 0.479 e. The second kappa shape index (κ2) is 5.04. The van der Waals surface area contributed by atoms with E-state index in [-0.39, 0.29) is 5.91 Å². The number of hydrogen-bond acceptors (Lipinski definition) is 5. The molecule has 0 saturated carbocycles. The molecule has 2 heterocycles. The normalized spacial score (nSPS) is 17.6. The molecule has 1 aromatic carbocycles. The van der Waals surface area contributed by atoms with E-state index in [1.807, 2.05) is 32.0 Å². The first-order valence-corrected chi connectivity index (χ1v) is 7.68. The number of nitrogens with two attached hydrogens (primary N) is 1. The van der Waals surface area contributed by atoms with Gasteiger partial charge in [-0.15, -0.1) is 11.3 Å². The highest BCUT2D eigenvalue weighted by atomic mass is 32.1. The summed E-state index contributed by atoms with van der Waals surface area (Å²) in [5.41, 5.74) is 8.37. The average Bonchev–Trinajstić information content (AvgIpc) is 2.79. The minimum absolute atomic E-state index is 0.0170. The quantitative estimate of drug-likeness (QED) is 0.926. The van der Waals surface area contributed by atoms with E-state index in [1.54, 1.807) is 11.8 Å². The van der Waals surface area contributed by atoms with E-state index >= 15 is 0 Å². The Hall–Kier alpha value is -2.08. The summed E-state index contributed by atoms with van der Waals surface area (Å²) in [5, 5.41) is 0.550. The number of aryl methyl sites for hydroxylation is 1. The molecule has 21 heavy (non-hydrogen) atoms. The van der Waals surface area contributed by atoms with Crippen molar-refractivity contribution in [1.29, 1.82) is 0 Å². The number of carbonyl (C=O) groups is 1. The van der Waals surface area contributed by atoms with Gasteiger partial charge in [0, 0.05) is 17.0 Å². The summed E-state index contributed by atoms with van der Waals surface area (Å²) in [6, 6.07) is 5.80. The molecule has 0 fully saturated rings. The Kier molecular flexibility index (Phi) is 3.33. The Morgan fingerprint density at radius 3 is 2.86 bits per heavy atom. The zero-order valence-corrected chi connectivity index (χ0v) is 13.0. The first kappa shape index (κ1) is 13.9. The van der Waals surface area contributed by atoms with Crippen LogP contribution in [0.4, 0.5) is 10.8 Å². The number of benzene rings is 1. The zero-order chi connectivity index (χ0) is 15.1. The molecule has 0 radical (unpaired) electrons. The van der Waals surface area contributed by atoms with Crippen LogP contribution in [0.1, 0.15) is 18.7 Å². The van der Waals surface area contributed by atoms with Gasteiger partial charge in [-0.25, -0.2) is 4.98 Å². The van der Waals surface area contributed by atoms with Gasteiger partial charge in [0.05, 0.1) is 11.4 Å². The predicted molar refractivity (Wildman–Crippen MR) is 84.8 cm³/mol. The molecule has 3 rings (SSSR count). The molecule has 2 N–H and O–H groups in total. The second-order valence-electron chi connectivity index (χ2n) is 4.98. The summed E-state index contributed by atoms with van der Waals surface area (Å²) in [7, 11) is 0. The van der Waals surface area contributed by atoms with Crippen molar-refractivity contribution in [1.82, 2.24) is 4.98 Å². The Balaban J connectivity index is 2.11. The van der Waals surface area contributed by atoms with Crippen LogP contribution in [0, 0.1) is 6.92 Å². The molecular weight excluding hydrogens is 286 g/mol. The third-order valence-corrected chi connectivity index (χ3v) is 4.37. The van der Waals surface area contributed by atoms with Crippen LogP contribution >= 0.6 is 11.3 Å². The lowest BCUT2D eigenvalue weighted by Crippen LogP contribution is -2.44. The van der Waals surface area contributed by atoms with Crippen molar-refractivity contribution in [3.05, 3.63) is 23.1 Å². The number of anilines is 2. The van der Waals surface area contributed by atoms with Gasteiger partial charge < -0.3 is 15.4 Å². The molecule has 6 heteroatoms. The van der Waals surface area contributed by atoms with Gasteiger partial charge in [-0.3, -0.25) is 4.79 Å². The minimum atomic E-state index is -0.444. The smallest absolute Gasteiger partial charge is 0.267 e. The van der Waals surface area contributed by atoms with Crippen LogP contribution in [-0.4, -0.2) is 23.5 Å². The number of aromatic nitrogens is 1. The first-order valence-electron chi connectivity index (χ1n) is 6.86. The van der Waals surface area contributed by atoms with Crippen LogP contribution in [0.25, 0.3) is 11.3 Å². The van der Waals surface area contributed by atoms with Crippen LogP contribution in [0.3, 0.4) is 0 Å². The van der Waals surface area contributed by atoms with E-state index in [2.05, 4.69) is 4.98 Å². The molecule has 1 aromatic heterocycles. The fourth-order valence-corrected chi connectivity index (χ4v) is 3.28. The van der Waals surface area contributed by atoms with Crippen LogP contribution in [0.5, 0.6) is 5.75 Å². The van der Waals surface area contributed by atoms with Gasteiger partial charge in [-0.2, -0.15) is 0 Å². The van der Waals surface area contributed by atoms with Gasteiger partial charge in [0.15, 0.2) is 11.2 Å². The lowest BCUT2D eigenvalue weighted by atomic mass is 10.1. The Morgan fingerprint density at radius 1 is 1.48 bits per heavy atom. The summed E-state index contributed by atoms with van der Waals surface area (Å²) < 4.78 is 5.67. The molecule has 1 unspecified atom stereocenters. The predicted octanol–water partition coefficient (Wildman–Crippen LogP) is 2.83. The fraction of sp³-hybridized carbons (Fsp3) is 0.333. The highest BCUT2D eigenvalue weighted by Crippen LogP contribution is 2.38. The number of nitrogens with zero attached hydrogens (tertiary/aromatic N) is 2. The number of nitrogen functional groups attached to an aromatic ring is 1. The van der Waals surface area contributed by atoms with Crippen molar-refractivity contribution in [2.24, 2.45) is 0 Å². The summed E-state index contributed by atoms with van der Waals surface area (Å²) in [4.78, 5) is 19.4. The molecule has 5 nitrogen and oxygen atoms in total. The maximum absolute atomic E-state index is 12.2. The Bertz CT molecular complexity index is 711. The van der Waals surface area contributed by atoms with Crippen molar-refractivity contribution in [2.45, 2.75) is 26.9 Å². The highest BCUT2D eigenvalue weighted by Gasteiger charge is 2.30. The van der Waals surface area contributed by atoms with E-state index in [9.17, 15) is 4.79 Å². The summed E-state index contributed by atoms with van der Waals surface area (Å²) in [6.45, 7) is 6.33. The zero-order valence-electron chi connectivity index (χ0n) is 12.2. The van der Waals surface area contributed by atoms with Crippen LogP contribution in [-0.2, 0) is 4.79 Å². The highest BCUT2D eigenvalue weighted by molar-refractivity contribution is 7.15. The third kappa shape index (κ3) is 2.25. The van der Waals surface area contributed by atoms with Crippen molar-refractivity contribution >= 4 is 28.1 Å². The topological polar surface area (TPSA) is 68.5 Å². The molecule has 110 valence electrons.